The third-order valence-corrected chi connectivity index (χ3v) is 2.85. The lowest BCUT2D eigenvalue weighted by Crippen LogP contribution is -2.31. The molecule has 0 aliphatic heterocycles. The Bertz CT molecular complexity index is 146. The summed E-state index contributed by atoms with van der Waals surface area (Å²) < 4.78 is 0. The van der Waals surface area contributed by atoms with E-state index in [-0.39, 0.29) is 12.5 Å². The summed E-state index contributed by atoms with van der Waals surface area (Å²) >= 11 is 3.84. The molecule has 0 saturated heterocycles. The van der Waals surface area contributed by atoms with Crippen LogP contribution in [0.15, 0.2) is 0 Å². The zero-order chi connectivity index (χ0) is 8.27. The third kappa shape index (κ3) is 2.49. The second-order valence-electron chi connectivity index (χ2n) is 3.18. The third-order valence-electron chi connectivity index (χ3n) is 2.48. The molecule has 1 aliphatic carbocycles. The largest absolute Gasteiger partial charge is 0.317 e. The Labute approximate surface area is 74.6 Å². The molecular weight excluding hydrogens is 158 g/mol. The van der Waals surface area contributed by atoms with Crippen LogP contribution in [0.1, 0.15) is 27.1 Å². The summed E-state index contributed by atoms with van der Waals surface area (Å²) in [7, 11) is 1.98. The van der Waals surface area contributed by atoms with Crippen LogP contribution < -0.4 is 5.32 Å². The number of rotatable bonds is 2. The molecule has 3 heteroatoms. The molecule has 0 radical (unpaired) electrons. The first-order valence-corrected chi connectivity index (χ1v) is 4.59. The quantitative estimate of drug-likeness (QED) is 0.622. The van der Waals surface area contributed by atoms with Gasteiger partial charge in [-0.15, -0.1) is 12.6 Å². The molecule has 0 amide bonds. The van der Waals surface area contributed by atoms with Crippen LogP contribution in [0.25, 0.3) is 0 Å². The standard InChI is InChI=1S/C8H15NOS.H2/c1-9-7-4-2-6(3-5-7)8(10)11;/h6-7,9H,2-5H2,1H3,(H,10,11);1H. The van der Waals surface area contributed by atoms with Crippen LogP contribution in [0, 0.1) is 5.92 Å². The van der Waals surface area contributed by atoms with E-state index in [0.29, 0.717) is 6.04 Å². The first-order valence-electron chi connectivity index (χ1n) is 4.14. The molecule has 2 nitrogen and oxygen atoms in total. The highest BCUT2D eigenvalue weighted by atomic mass is 32.1. The Kier molecular flexibility index (Phi) is 3.40. The predicted molar refractivity (Wildman–Crippen MR) is 50.9 cm³/mol. The summed E-state index contributed by atoms with van der Waals surface area (Å²) in [5, 5.41) is 3.30. The molecule has 11 heavy (non-hydrogen) atoms. The molecule has 1 N–H and O–H groups in total. The molecule has 0 aromatic heterocycles. The Morgan fingerprint density at radius 2 is 2.00 bits per heavy atom. The fourth-order valence-corrected chi connectivity index (χ4v) is 1.89. The normalized spacial score (nSPS) is 31.8. The molecule has 0 atom stereocenters. The molecule has 66 valence electrons. The lowest BCUT2D eigenvalue weighted by atomic mass is 9.87. The second-order valence-corrected chi connectivity index (χ2v) is 3.62. The van der Waals surface area contributed by atoms with E-state index in [2.05, 4.69) is 17.9 Å². The zero-order valence-electron chi connectivity index (χ0n) is 6.84. The molecule has 0 aromatic rings. The summed E-state index contributed by atoms with van der Waals surface area (Å²) in [6.07, 6.45) is 4.25. The van der Waals surface area contributed by atoms with E-state index in [1.807, 2.05) is 7.05 Å². The number of hydrogen-bond donors (Lipinski definition) is 2. The Balaban J connectivity index is 0.00000121. The van der Waals surface area contributed by atoms with Crippen molar-refractivity contribution in [3.8, 4) is 0 Å². The summed E-state index contributed by atoms with van der Waals surface area (Å²) in [6.45, 7) is 0. The SMILES string of the molecule is CNC1CCC(C(=O)S)CC1.[HH]. The van der Waals surface area contributed by atoms with Gasteiger partial charge >= 0.3 is 0 Å². The van der Waals surface area contributed by atoms with Crippen molar-refractivity contribution < 1.29 is 6.22 Å². The highest BCUT2D eigenvalue weighted by Gasteiger charge is 2.23. The highest BCUT2D eigenvalue weighted by Crippen LogP contribution is 2.25. The molecule has 0 heterocycles. The van der Waals surface area contributed by atoms with Crippen LogP contribution in [0.5, 0.6) is 0 Å². The van der Waals surface area contributed by atoms with Gasteiger partial charge in [-0.25, -0.2) is 0 Å². The van der Waals surface area contributed by atoms with Crippen LogP contribution in [0.3, 0.4) is 0 Å². The van der Waals surface area contributed by atoms with E-state index in [9.17, 15) is 4.79 Å². The second kappa shape index (κ2) is 4.12. The van der Waals surface area contributed by atoms with Crippen LogP contribution in [0.2, 0.25) is 0 Å². The van der Waals surface area contributed by atoms with Gasteiger partial charge in [0.25, 0.3) is 0 Å². The van der Waals surface area contributed by atoms with Crippen molar-refractivity contribution in [3.05, 3.63) is 0 Å². The Morgan fingerprint density at radius 3 is 2.36 bits per heavy atom. The Morgan fingerprint density at radius 1 is 1.45 bits per heavy atom. The van der Waals surface area contributed by atoms with Crippen molar-refractivity contribution in [2.24, 2.45) is 5.92 Å². The van der Waals surface area contributed by atoms with Gasteiger partial charge in [-0.3, -0.25) is 4.79 Å². The molecule has 0 aromatic carbocycles. The Hall–Kier alpha value is -0.0200. The fraction of sp³-hybridized carbons (Fsp3) is 0.875. The molecular formula is C8H17NOS. The predicted octanol–water partition coefficient (Wildman–Crippen LogP) is 1.47. The summed E-state index contributed by atoms with van der Waals surface area (Å²) in [6, 6.07) is 0.624. The van der Waals surface area contributed by atoms with E-state index >= 15 is 0 Å². The minimum absolute atomic E-state index is 0. The lowest BCUT2D eigenvalue weighted by Gasteiger charge is -2.25. The molecule has 1 aliphatic rings. The van der Waals surface area contributed by atoms with Crippen molar-refractivity contribution in [3.63, 3.8) is 0 Å². The maximum atomic E-state index is 10.8. The van der Waals surface area contributed by atoms with E-state index in [1.54, 1.807) is 0 Å². The lowest BCUT2D eigenvalue weighted by molar-refractivity contribution is -0.115. The zero-order valence-corrected chi connectivity index (χ0v) is 7.73. The fourth-order valence-electron chi connectivity index (χ4n) is 1.63. The van der Waals surface area contributed by atoms with Crippen LogP contribution in [-0.4, -0.2) is 18.2 Å². The van der Waals surface area contributed by atoms with E-state index in [4.69, 9.17) is 0 Å². The molecule has 0 spiro atoms. The summed E-state index contributed by atoms with van der Waals surface area (Å²) in [4.78, 5) is 10.8. The van der Waals surface area contributed by atoms with E-state index in [0.717, 1.165) is 25.7 Å². The number of carbonyl (C=O) groups is 1. The topological polar surface area (TPSA) is 29.1 Å². The van der Waals surface area contributed by atoms with Crippen LogP contribution >= 0.6 is 12.6 Å². The van der Waals surface area contributed by atoms with Gasteiger partial charge in [-0.05, 0) is 32.7 Å². The van der Waals surface area contributed by atoms with Crippen molar-refractivity contribution in [1.29, 1.82) is 0 Å². The monoisotopic (exact) mass is 175 g/mol. The van der Waals surface area contributed by atoms with Gasteiger partial charge in [-0.2, -0.15) is 0 Å². The van der Waals surface area contributed by atoms with Gasteiger partial charge in [-0.1, -0.05) is 0 Å². The van der Waals surface area contributed by atoms with Crippen molar-refractivity contribution in [1.82, 2.24) is 5.32 Å². The average molecular weight is 175 g/mol. The van der Waals surface area contributed by atoms with Crippen LogP contribution in [0.4, 0.5) is 0 Å². The van der Waals surface area contributed by atoms with Crippen molar-refractivity contribution in [2.75, 3.05) is 7.05 Å². The number of carbonyl (C=O) groups excluding carboxylic acids is 1. The van der Waals surface area contributed by atoms with Gasteiger partial charge in [0.1, 0.15) is 0 Å². The van der Waals surface area contributed by atoms with Gasteiger partial charge in [0, 0.05) is 13.4 Å². The first kappa shape index (κ1) is 9.07. The molecule has 0 unspecified atom stereocenters. The minimum atomic E-state index is 0. The van der Waals surface area contributed by atoms with E-state index in [1.165, 1.54) is 0 Å². The first-order chi connectivity index (χ1) is 5.24. The number of thiol groups is 1. The van der Waals surface area contributed by atoms with Gasteiger partial charge in [0.15, 0.2) is 5.12 Å². The molecule has 1 rings (SSSR count). The minimum Gasteiger partial charge on any atom is -0.317 e. The van der Waals surface area contributed by atoms with Crippen molar-refractivity contribution >= 4 is 17.7 Å². The van der Waals surface area contributed by atoms with Crippen LogP contribution in [-0.2, 0) is 4.79 Å². The summed E-state index contributed by atoms with van der Waals surface area (Å²) in [5.41, 5.74) is 0. The number of hydrogen-bond acceptors (Lipinski definition) is 2. The molecule has 0 bridgehead atoms. The van der Waals surface area contributed by atoms with Gasteiger partial charge in [0.2, 0.25) is 0 Å². The molecule has 1 fully saturated rings. The van der Waals surface area contributed by atoms with Gasteiger partial charge < -0.3 is 5.32 Å². The maximum absolute atomic E-state index is 10.8. The average Bonchev–Trinajstić information content (AvgIpc) is 2.05. The van der Waals surface area contributed by atoms with Gasteiger partial charge in [0.05, 0.1) is 0 Å². The summed E-state index contributed by atoms with van der Waals surface area (Å²) in [5.74, 6) is 0.225. The maximum Gasteiger partial charge on any atom is 0.188 e. The van der Waals surface area contributed by atoms with E-state index < -0.39 is 0 Å². The highest BCUT2D eigenvalue weighted by molar-refractivity contribution is 7.96. The smallest absolute Gasteiger partial charge is 0.188 e. The number of nitrogens with one attached hydrogen (secondary N) is 1. The van der Waals surface area contributed by atoms with Crippen molar-refractivity contribution in [2.45, 2.75) is 31.7 Å². The molecule has 1 saturated carbocycles.